The molecule has 10 atom stereocenters. The van der Waals surface area contributed by atoms with E-state index in [-0.39, 0.29) is 63.9 Å². The molecular weight excluding hydrogens is 540 g/mol. The first-order valence-electron chi connectivity index (χ1n) is 17.0. The molecule has 7 nitrogen and oxygen atoms in total. The van der Waals surface area contributed by atoms with Gasteiger partial charge < -0.3 is 9.47 Å². The molecule has 0 aliphatic heterocycles. The topological polar surface area (TPSA) is 108 Å². The van der Waals surface area contributed by atoms with E-state index in [1.165, 1.54) is 31.3 Å². The zero-order valence-corrected chi connectivity index (χ0v) is 28.0. The average molecular weight is 599 g/mol. The Balaban J connectivity index is 1.42. The predicted molar refractivity (Wildman–Crippen MR) is 167 cm³/mol. The van der Waals surface area contributed by atoms with Gasteiger partial charge in [-0.25, -0.2) is 5.84 Å². The maximum atomic E-state index is 12.7. The van der Waals surface area contributed by atoms with Gasteiger partial charge >= 0.3 is 11.9 Å². The van der Waals surface area contributed by atoms with Crippen molar-refractivity contribution in [3.63, 3.8) is 0 Å². The van der Waals surface area contributed by atoms with Crippen molar-refractivity contribution in [3.05, 3.63) is 12.2 Å². The summed E-state index contributed by atoms with van der Waals surface area (Å²) in [6.45, 7) is 21.2. The molecule has 242 valence electrons. The number of carbonyl (C=O) groups is 3. The number of rotatable bonds is 7. The first kappa shape index (κ1) is 32.5. The Morgan fingerprint density at radius 3 is 2.21 bits per heavy atom. The number of hydrazine groups is 1. The molecule has 5 saturated carbocycles. The molecule has 0 radical (unpaired) electrons. The van der Waals surface area contributed by atoms with Crippen LogP contribution in [0.3, 0.4) is 0 Å². The van der Waals surface area contributed by atoms with Crippen LogP contribution in [0.1, 0.15) is 126 Å². The van der Waals surface area contributed by atoms with E-state index in [1.807, 2.05) is 0 Å². The highest BCUT2D eigenvalue weighted by atomic mass is 16.5. The second-order valence-electron chi connectivity index (χ2n) is 16.7. The Labute approximate surface area is 259 Å². The summed E-state index contributed by atoms with van der Waals surface area (Å²) in [4.78, 5) is 36.3. The highest BCUT2D eigenvalue weighted by molar-refractivity contribution is 5.80. The molecule has 0 spiro atoms. The number of nitrogens with one attached hydrogen (secondary N) is 1. The van der Waals surface area contributed by atoms with E-state index in [1.54, 1.807) is 6.92 Å². The van der Waals surface area contributed by atoms with Gasteiger partial charge in [-0.1, -0.05) is 46.8 Å². The van der Waals surface area contributed by atoms with Crippen LogP contribution in [0, 0.1) is 56.7 Å². The lowest BCUT2D eigenvalue weighted by Crippen LogP contribution is -2.67. The van der Waals surface area contributed by atoms with Gasteiger partial charge in [0.2, 0.25) is 5.91 Å². The molecule has 5 fully saturated rings. The number of fused-ring (bicyclic) bond motifs is 7. The van der Waals surface area contributed by atoms with Crippen molar-refractivity contribution in [2.24, 2.45) is 62.5 Å². The summed E-state index contributed by atoms with van der Waals surface area (Å²) < 4.78 is 11.9. The zero-order valence-electron chi connectivity index (χ0n) is 28.0. The van der Waals surface area contributed by atoms with Crippen molar-refractivity contribution in [2.75, 3.05) is 6.61 Å². The fourth-order valence-electron chi connectivity index (χ4n) is 12.5. The lowest BCUT2D eigenvalue weighted by Gasteiger charge is -2.73. The minimum atomic E-state index is -0.346. The molecule has 3 N–H and O–H groups in total. The standard InChI is InChI=1S/C36H58N2O5/c1-22(2)24-13-18-36(21-42-30(41)12-11-29(40)38-37)20-19-34(7)25(31(24)36)9-10-27-33(6)16-15-28(43-23(3)39)32(4,5)26(33)14-17-35(27,34)8/h24-28,31H,1,9-21,37H2,2-8H3,(H,38,40)/t24-,25+,26+,27+,28-,31+,33-,34+,35+,36+/m0/s1. The lowest BCUT2D eigenvalue weighted by atomic mass is 9.32. The van der Waals surface area contributed by atoms with Crippen LogP contribution >= 0.6 is 0 Å². The van der Waals surface area contributed by atoms with E-state index in [9.17, 15) is 14.4 Å². The number of allylic oxidation sites excluding steroid dienone is 1. The SMILES string of the molecule is C=C(C)[C@@H]1CC[C@]2(COC(=O)CCC(=O)NN)CC[C@]3(C)[C@H](CC[C@@H]4[C@@]5(C)CC[C@H](OC(C)=O)C(C)(C)[C@H]5CC[C@]43C)[C@@H]12. The molecule has 7 heteroatoms. The maximum absolute atomic E-state index is 12.7. The van der Waals surface area contributed by atoms with Crippen LogP contribution in [0.25, 0.3) is 0 Å². The monoisotopic (exact) mass is 598 g/mol. The number of hydrogen-bond acceptors (Lipinski definition) is 6. The van der Waals surface area contributed by atoms with Gasteiger partial charge in [-0.15, -0.1) is 0 Å². The summed E-state index contributed by atoms with van der Waals surface area (Å²) in [6.07, 6.45) is 11.5. The third-order valence-corrected chi connectivity index (χ3v) is 14.7. The summed E-state index contributed by atoms with van der Waals surface area (Å²) in [6, 6.07) is 0. The van der Waals surface area contributed by atoms with Crippen molar-refractivity contribution in [3.8, 4) is 0 Å². The second-order valence-corrected chi connectivity index (χ2v) is 16.7. The molecule has 0 aromatic carbocycles. The van der Waals surface area contributed by atoms with Gasteiger partial charge in [-0.2, -0.15) is 0 Å². The van der Waals surface area contributed by atoms with Gasteiger partial charge in [0, 0.05) is 24.2 Å². The molecule has 5 aliphatic carbocycles. The minimum absolute atomic E-state index is 0.00290. The average Bonchev–Trinajstić information content (AvgIpc) is 3.32. The Hall–Kier alpha value is -1.89. The van der Waals surface area contributed by atoms with Crippen LogP contribution in [0.15, 0.2) is 12.2 Å². The van der Waals surface area contributed by atoms with Gasteiger partial charge in [0.05, 0.1) is 13.0 Å². The molecule has 0 bridgehead atoms. The quantitative estimate of drug-likeness (QED) is 0.109. The highest BCUT2D eigenvalue weighted by Crippen LogP contribution is 2.77. The zero-order chi connectivity index (χ0) is 31.6. The van der Waals surface area contributed by atoms with Crippen LogP contribution in [0.2, 0.25) is 0 Å². The van der Waals surface area contributed by atoms with E-state index in [2.05, 4.69) is 53.5 Å². The van der Waals surface area contributed by atoms with Crippen molar-refractivity contribution < 1.29 is 23.9 Å². The largest absolute Gasteiger partial charge is 0.465 e. The molecule has 0 saturated heterocycles. The summed E-state index contributed by atoms with van der Waals surface area (Å²) in [7, 11) is 0. The van der Waals surface area contributed by atoms with E-state index in [0.29, 0.717) is 36.2 Å². The third kappa shape index (κ3) is 4.98. The highest BCUT2D eigenvalue weighted by Gasteiger charge is 2.71. The Morgan fingerprint density at radius 1 is 0.837 bits per heavy atom. The fourth-order valence-corrected chi connectivity index (χ4v) is 12.5. The molecule has 0 unspecified atom stereocenters. The second kappa shape index (κ2) is 11.2. The maximum Gasteiger partial charge on any atom is 0.306 e. The Morgan fingerprint density at radius 2 is 1.56 bits per heavy atom. The van der Waals surface area contributed by atoms with Gasteiger partial charge in [0.15, 0.2) is 0 Å². The molecular formula is C36H58N2O5. The van der Waals surface area contributed by atoms with Crippen molar-refractivity contribution in [2.45, 2.75) is 132 Å². The van der Waals surface area contributed by atoms with E-state index < -0.39 is 0 Å². The number of amides is 1. The van der Waals surface area contributed by atoms with Crippen LogP contribution in [0.4, 0.5) is 0 Å². The van der Waals surface area contributed by atoms with Crippen LogP contribution in [-0.2, 0) is 23.9 Å². The molecule has 43 heavy (non-hydrogen) atoms. The first-order chi connectivity index (χ1) is 20.1. The van der Waals surface area contributed by atoms with Gasteiger partial charge in [-0.3, -0.25) is 19.8 Å². The normalized spacial score (nSPS) is 44.6. The number of hydrogen-bond donors (Lipinski definition) is 2. The van der Waals surface area contributed by atoms with Crippen molar-refractivity contribution in [1.29, 1.82) is 0 Å². The predicted octanol–water partition coefficient (Wildman–Crippen LogP) is 6.89. The third-order valence-electron chi connectivity index (χ3n) is 14.7. The number of nitrogens with two attached hydrogens (primary N) is 1. The fraction of sp³-hybridized carbons (Fsp3) is 0.861. The summed E-state index contributed by atoms with van der Waals surface area (Å²) in [5.41, 5.74) is 3.98. The smallest absolute Gasteiger partial charge is 0.306 e. The van der Waals surface area contributed by atoms with E-state index in [0.717, 1.165) is 38.5 Å². The Kier molecular flexibility index (Phi) is 8.44. The molecule has 0 aromatic heterocycles. The van der Waals surface area contributed by atoms with Crippen LogP contribution < -0.4 is 11.3 Å². The molecule has 1 amide bonds. The Bertz CT molecular complexity index is 1150. The molecule has 0 heterocycles. The van der Waals surface area contributed by atoms with Crippen LogP contribution in [0.5, 0.6) is 0 Å². The summed E-state index contributed by atoms with van der Waals surface area (Å²) in [5.74, 6) is 7.05. The summed E-state index contributed by atoms with van der Waals surface area (Å²) >= 11 is 0. The van der Waals surface area contributed by atoms with Gasteiger partial charge in [0.25, 0.3) is 0 Å². The van der Waals surface area contributed by atoms with Crippen molar-refractivity contribution in [1.82, 2.24) is 5.43 Å². The van der Waals surface area contributed by atoms with Crippen molar-refractivity contribution >= 4 is 17.8 Å². The van der Waals surface area contributed by atoms with Gasteiger partial charge in [0.1, 0.15) is 6.10 Å². The number of ether oxygens (including phenoxy) is 2. The minimum Gasteiger partial charge on any atom is -0.465 e. The molecule has 0 aromatic rings. The summed E-state index contributed by atoms with van der Waals surface area (Å²) in [5, 5.41) is 0. The molecule has 5 rings (SSSR count). The number of carbonyl (C=O) groups excluding carboxylic acids is 3. The first-order valence-corrected chi connectivity index (χ1v) is 17.0. The number of esters is 2. The van der Waals surface area contributed by atoms with Crippen LogP contribution in [-0.4, -0.2) is 30.6 Å². The van der Waals surface area contributed by atoms with Gasteiger partial charge in [-0.05, 0) is 117 Å². The van der Waals surface area contributed by atoms with E-state index >= 15 is 0 Å². The van der Waals surface area contributed by atoms with E-state index in [4.69, 9.17) is 15.3 Å². The lowest BCUT2D eigenvalue weighted by molar-refractivity contribution is -0.252. The molecule has 5 aliphatic rings.